The normalized spacial score (nSPS) is 10.6. The molecule has 0 aliphatic carbocycles. The third-order valence-corrected chi connectivity index (χ3v) is 6.16. The number of carboxylic acids is 1. The summed E-state index contributed by atoms with van der Waals surface area (Å²) in [6, 6.07) is 26.4. The molecule has 0 heterocycles. The van der Waals surface area contributed by atoms with Crippen LogP contribution in [-0.2, 0) is 22.4 Å². The van der Waals surface area contributed by atoms with Gasteiger partial charge in [-0.2, -0.15) is 0 Å². The third kappa shape index (κ3) is 6.82. The van der Waals surface area contributed by atoms with E-state index in [0.29, 0.717) is 17.7 Å². The summed E-state index contributed by atoms with van der Waals surface area (Å²) in [4.78, 5) is 25.6. The largest absolute Gasteiger partial charge is 0.508 e. The molecule has 8 heteroatoms. The van der Waals surface area contributed by atoms with Crippen LogP contribution in [0.15, 0.2) is 91.0 Å². The van der Waals surface area contributed by atoms with E-state index < -0.39 is 18.4 Å². The fourth-order valence-electron chi connectivity index (χ4n) is 3.83. The second-order valence-corrected chi connectivity index (χ2v) is 9.14. The molecule has 0 saturated carbocycles. The molecule has 4 aromatic rings. The van der Waals surface area contributed by atoms with E-state index in [1.165, 1.54) is 18.2 Å². The number of halogens is 2. The van der Waals surface area contributed by atoms with Gasteiger partial charge in [-0.3, -0.25) is 9.59 Å². The van der Waals surface area contributed by atoms with Crippen LogP contribution < -0.4 is 9.64 Å². The van der Waals surface area contributed by atoms with E-state index in [4.69, 9.17) is 27.9 Å². The maximum absolute atomic E-state index is 13.0. The lowest BCUT2D eigenvalue weighted by molar-refractivity contribution is -0.136. The lowest BCUT2D eigenvalue weighted by Crippen LogP contribution is -2.36. The van der Waals surface area contributed by atoms with Gasteiger partial charge in [0, 0.05) is 17.7 Å². The zero-order valence-electron chi connectivity index (χ0n) is 19.6. The van der Waals surface area contributed by atoms with Crippen LogP contribution in [0.2, 0.25) is 10.0 Å². The number of aromatic hydroxyl groups is 1. The standard InChI is InChI=1S/C29H23Cl2NO5/c30-24-16-22(32(18-28(35)36)27(34)14-20-9-5-2-6-10-20)17-25(31)29(24)37-23-11-12-26(33)21(15-23)13-19-7-3-1-4-8-19/h1-12,15-17,33H,13-14,18H2,(H,35,36). The summed E-state index contributed by atoms with van der Waals surface area (Å²) in [6.07, 6.45) is 0.511. The van der Waals surface area contributed by atoms with Gasteiger partial charge in [0.05, 0.1) is 16.5 Å². The molecule has 0 radical (unpaired) electrons. The number of anilines is 1. The number of carboxylic acid groups (broad SMARTS) is 1. The Balaban J connectivity index is 1.58. The van der Waals surface area contributed by atoms with Crippen LogP contribution in [0.25, 0.3) is 0 Å². The van der Waals surface area contributed by atoms with Gasteiger partial charge in [-0.15, -0.1) is 0 Å². The molecule has 4 aromatic carbocycles. The molecule has 2 N–H and O–H groups in total. The number of carbonyl (C=O) groups excluding carboxylic acids is 1. The number of aliphatic carboxylic acids is 1. The van der Waals surface area contributed by atoms with Gasteiger partial charge in [0.1, 0.15) is 18.0 Å². The minimum absolute atomic E-state index is 0.0132. The number of phenolic OH excluding ortho intramolecular Hbond substituents is 1. The van der Waals surface area contributed by atoms with E-state index >= 15 is 0 Å². The van der Waals surface area contributed by atoms with Crippen molar-refractivity contribution >= 4 is 40.8 Å². The van der Waals surface area contributed by atoms with E-state index in [0.717, 1.165) is 16.0 Å². The molecule has 0 unspecified atom stereocenters. The number of rotatable bonds is 9. The van der Waals surface area contributed by atoms with Crippen molar-refractivity contribution in [3.8, 4) is 17.2 Å². The van der Waals surface area contributed by atoms with Gasteiger partial charge in [0.15, 0.2) is 5.75 Å². The van der Waals surface area contributed by atoms with Crippen LogP contribution in [-0.4, -0.2) is 28.6 Å². The highest BCUT2D eigenvalue weighted by molar-refractivity contribution is 6.37. The molecule has 0 aliphatic rings. The van der Waals surface area contributed by atoms with E-state index in [1.54, 1.807) is 36.4 Å². The number of ether oxygens (including phenoxy) is 1. The monoisotopic (exact) mass is 535 g/mol. The molecule has 0 aromatic heterocycles. The molecular weight excluding hydrogens is 513 g/mol. The van der Waals surface area contributed by atoms with Crippen molar-refractivity contribution in [2.24, 2.45) is 0 Å². The van der Waals surface area contributed by atoms with E-state index in [9.17, 15) is 19.8 Å². The summed E-state index contributed by atoms with van der Waals surface area (Å²) in [5, 5.41) is 19.9. The first-order valence-electron chi connectivity index (χ1n) is 11.4. The van der Waals surface area contributed by atoms with Gasteiger partial charge in [-0.25, -0.2) is 0 Å². The lowest BCUT2D eigenvalue weighted by Gasteiger charge is -2.22. The Hall–Kier alpha value is -4.00. The molecule has 0 saturated heterocycles. The molecule has 1 amide bonds. The SMILES string of the molecule is O=C(O)CN(C(=O)Cc1ccccc1)c1cc(Cl)c(Oc2ccc(O)c(Cc3ccccc3)c2)c(Cl)c1. The van der Waals surface area contributed by atoms with Gasteiger partial charge >= 0.3 is 5.97 Å². The third-order valence-electron chi connectivity index (χ3n) is 5.60. The molecule has 0 spiro atoms. The number of hydrogen-bond donors (Lipinski definition) is 2. The average Bonchev–Trinajstić information content (AvgIpc) is 2.87. The van der Waals surface area contributed by atoms with Gasteiger partial charge in [-0.05, 0) is 41.5 Å². The maximum Gasteiger partial charge on any atom is 0.323 e. The van der Waals surface area contributed by atoms with Crippen molar-refractivity contribution in [1.29, 1.82) is 0 Å². The fourth-order valence-corrected chi connectivity index (χ4v) is 4.38. The maximum atomic E-state index is 13.0. The lowest BCUT2D eigenvalue weighted by atomic mass is 10.0. The van der Waals surface area contributed by atoms with Gasteiger partial charge in [-0.1, -0.05) is 83.9 Å². The zero-order chi connectivity index (χ0) is 26.4. The van der Waals surface area contributed by atoms with E-state index in [1.807, 2.05) is 36.4 Å². The summed E-state index contributed by atoms with van der Waals surface area (Å²) in [7, 11) is 0. The number of hydrogen-bond acceptors (Lipinski definition) is 4. The van der Waals surface area contributed by atoms with Crippen molar-refractivity contribution in [2.45, 2.75) is 12.8 Å². The van der Waals surface area contributed by atoms with Crippen LogP contribution in [0.5, 0.6) is 17.2 Å². The van der Waals surface area contributed by atoms with E-state index in [2.05, 4.69) is 0 Å². The number of amides is 1. The number of phenols is 1. The Morgan fingerprint density at radius 1 is 0.811 bits per heavy atom. The van der Waals surface area contributed by atoms with E-state index in [-0.39, 0.29) is 33.7 Å². The molecule has 0 fully saturated rings. The highest BCUT2D eigenvalue weighted by atomic mass is 35.5. The molecule has 4 rings (SSSR count). The van der Waals surface area contributed by atoms with Crippen LogP contribution in [0.1, 0.15) is 16.7 Å². The van der Waals surface area contributed by atoms with Crippen LogP contribution in [0.4, 0.5) is 5.69 Å². The number of benzene rings is 4. The predicted molar refractivity (Wildman–Crippen MR) is 144 cm³/mol. The van der Waals surface area contributed by atoms with Crippen molar-refractivity contribution in [3.05, 3.63) is 118 Å². The summed E-state index contributed by atoms with van der Waals surface area (Å²) < 4.78 is 5.95. The number of carbonyl (C=O) groups is 2. The highest BCUT2D eigenvalue weighted by Gasteiger charge is 2.22. The van der Waals surface area contributed by atoms with Crippen LogP contribution >= 0.6 is 23.2 Å². The summed E-state index contributed by atoms with van der Waals surface area (Å²) in [5.74, 6) is -0.912. The Labute approximate surface area is 224 Å². The topological polar surface area (TPSA) is 87.1 Å². The minimum Gasteiger partial charge on any atom is -0.508 e. The molecule has 37 heavy (non-hydrogen) atoms. The van der Waals surface area contributed by atoms with Crippen molar-refractivity contribution in [1.82, 2.24) is 0 Å². The Morgan fingerprint density at radius 3 is 2.00 bits per heavy atom. The second-order valence-electron chi connectivity index (χ2n) is 8.33. The van der Waals surface area contributed by atoms with Gasteiger partial charge < -0.3 is 19.8 Å². The Bertz CT molecular complexity index is 1390. The highest BCUT2D eigenvalue weighted by Crippen LogP contribution is 2.40. The second kappa shape index (κ2) is 11.8. The first-order valence-corrected chi connectivity index (χ1v) is 12.1. The fraction of sp³-hybridized carbons (Fsp3) is 0.103. The number of nitrogens with zero attached hydrogens (tertiary/aromatic N) is 1. The van der Waals surface area contributed by atoms with Crippen molar-refractivity contribution in [3.63, 3.8) is 0 Å². The summed E-state index contributed by atoms with van der Waals surface area (Å²) in [6.45, 7) is -0.556. The quantitative estimate of drug-likeness (QED) is 0.247. The first kappa shape index (κ1) is 26.1. The van der Waals surface area contributed by atoms with Gasteiger partial charge in [0.2, 0.25) is 5.91 Å². The smallest absolute Gasteiger partial charge is 0.323 e. The molecule has 0 atom stereocenters. The summed E-state index contributed by atoms with van der Waals surface area (Å²) >= 11 is 13.0. The Morgan fingerprint density at radius 2 is 1.41 bits per heavy atom. The zero-order valence-corrected chi connectivity index (χ0v) is 21.1. The predicted octanol–water partition coefficient (Wildman–Crippen LogP) is 6.74. The molecule has 0 aliphatic heterocycles. The molecule has 0 bridgehead atoms. The average molecular weight is 536 g/mol. The van der Waals surface area contributed by atoms with Crippen molar-refractivity contribution in [2.75, 3.05) is 11.4 Å². The Kier molecular flexibility index (Phi) is 8.33. The van der Waals surface area contributed by atoms with Crippen molar-refractivity contribution < 1.29 is 24.5 Å². The van der Waals surface area contributed by atoms with Crippen LogP contribution in [0.3, 0.4) is 0 Å². The summed E-state index contributed by atoms with van der Waals surface area (Å²) in [5.41, 5.74) is 2.67. The molecule has 6 nitrogen and oxygen atoms in total. The molecule has 188 valence electrons. The molecular formula is C29H23Cl2NO5. The first-order chi connectivity index (χ1) is 17.8. The van der Waals surface area contributed by atoms with Gasteiger partial charge in [0.25, 0.3) is 0 Å². The minimum atomic E-state index is -1.18. The van der Waals surface area contributed by atoms with Crippen LogP contribution in [0, 0.1) is 0 Å².